The number of alkyl halides is 6. The summed E-state index contributed by atoms with van der Waals surface area (Å²) < 4.78 is 76.4. The van der Waals surface area contributed by atoms with Crippen molar-refractivity contribution < 1.29 is 31.1 Å². The van der Waals surface area contributed by atoms with Crippen molar-refractivity contribution in [3.8, 4) is 0 Å². The molecule has 0 aliphatic rings. The highest BCUT2D eigenvalue weighted by atomic mass is 19.4. The Bertz CT molecular complexity index is 214. The molecule has 0 fully saturated rings. The normalized spacial score (nSPS) is 13.3. The van der Waals surface area contributed by atoms with Gasteiger partial charge in [-0.15, -0.1) is 0 Å². The molecule has 0 heterocycles. The van der Waals surface area contributed by atoms with E-state index in [2.05, 4.69) is 10.1 Å². The lowest BCUT2D eigenvalue weighted by molar-refractivity contribution is -0.321. The van der Waals surface area contributed by atoms with Gasteiger partial charge in [-0.3, -0.25) is 0 Å². The Morgan fingerprint density at radius 1 is 0.895 bits per heavy atom. The first-order valence-electron chi connectivity index (χ1n) is 6.15. The van der Waals surface area contributed by atoms with E-state index in [1.807, 2.05) is 6.92 Å². The predicted octanol–water partition coefficient (Wildman–Crippen LogP) is 3.67. The van der Waals surface area contributed by atoms with Crippen LogP contribution in [0, 0.1) is 0 Å². The van der Waals surface area contributed by atoms with Gasteiger partial charge in [0.05, 0.1) is 0 Å². The molecule has 0 radical (unpaired) electrons. The third-order valence-corrected chi connectivity index (χ3v) is 2.38. The van der Waals surface area contributed by atoms with Gasteiger partial charge in [0, 0.05) is 6.61 Å². The zero-order valence-corrected chi connectivity index (χ0v) is 10.7. The second kappa shape index (κ2) is 8.63. The van der Waals surface area contributed by atoms with Crippen molar-refractivity contribution in [3.63, 3.8) is 0 Å². The number of hydrogen-bond acceptors (Lipinski definition) is 2. The standard InChI is InChI=1S/C11H19F6NO/c1-2-18-7-5-3-4-6-8-19-9(10(12,13)14)11(15,16)17/h9,18H,2-8H2,1H3. The fourth-order valence-corrected chi connectivity index (χ4v) is 1.46. The van der Waals surface area contributed by atoms with Crippen molar-refractivity contribution in [2.45, 2.75) is 51.1 Å². The summed E-state index contributed by atoms with van der Waals surface area (Å²) >= 11 is 0. The van der Waals surface area contributed by atoms with E-state index in [-0.39, 0.29) is 6.42 Å². The van der Waals surface area contributed by atoms with E-state index in [1.54, 1.807) is 0 Å². The lowest BCUT2D eigenvalue weighted by Gasteiger charge is -2.23. The number of halogens is 6. The Balaban J connectivity index is 3.78. The van der Waals surface area contributed by atoms with Crippen LogP contribution in [0.25, 0.3) is 0 Å². The second-order valence-corrected chi connectivity index (χ2v) is 4.10. The quantitative estimate of drug-likeness (QED) is 0.518. The van der Waals surface area contributed by atoms with E-state index in [9.17, 15) is 26.3 Å². The molecule has 0 amide bonds. The fraction of sp³-hybridized carbons (Fsp3) is 1.00. The van der Waals surface area contributed by atoms with Crippen LogP contribution in [0.4, 0.5) is 26.3 Å². The molecular formula is C11H19F6NO. The largest absolute Gasteiger partial charge is 0.423 e. The van der Waals surface area contributed by atoms with Gasteiger partial charge in [-0.25, -0.2) is 0 Å². The van der Waals surface area contributed by atoms with Crippen molar-refractivity contribution in [1.29, 1.82) is 0 Å². The molecule has 0 bridgehead atoms. The molecule has 19 heavy (non-hydrogen) atoms. The summed E-state index contributed by atoms with van der Waals surface area (Å²) in [5.74, 6) is 0. The summed E-state index contributed by atoms with van der Waals surface area (Å²) in [6, 6.07) is 0. The van der Waals surface area contributed by atoms with Gasteiger partial charge in [0.25, 0.3) is 0 Å². The third-order valence-electron chi connectivity index (χ3n) is 2.38. The molecule has 0 spiro atoms. The van der Waals surface area contributed by atoms with Gasteiger partial charge < -0.3 is 10.1 Å². The molecular weight excluding hydrogens is 276 g/mol. The van der Waals surface area contributed by atoms with E-state index in [0.29, 0.717) is 6.42 Å². The topological polar surface area (TPSA) is 21.3 Å². The maximum Gasteiger partial charge on any atom is 0.423 e. The van der Waals surface area contributed by atoms with Crippen LogP contribution >= 0.6 is 0 Å². The van der Waals surface area contributed by atoms with Gasteiger partial charge in [0.15, 0.2) is 0 Å². The Labute approximate surface area is 108 Å². The van der Waals surface area contributed by atoms with Crippen LogP contribution in [0.5, 0.6) is 0 Å². The molecule has 0 rings (SSSR count). The highest BCUT2D eigenvalue weighted by Gasteiger charge is 2.57. The van der Waals surface area contributed by atoms with Gasteiger partial charge in [-0.1, -0.05) is 19.8 Å². The van der Waals surface area contributed by atoms with Crippen LogP contribution in [0.15, 0.2) is 0 Å². The zero-order chi connectivity index (χ0) is 14.9. The smallest absolute Gasteiger partial charge is 0.361 e. The van der Waals surface area contributed by atoms with E-state index < -0.39 is 25.1 Å². The average molecular weight is 295 g/mol. The lowest BCUT2D eigenvalue weighted by Crippen LogP contribution is -2.44. The van der Waals surface area contributed by atoms with Crippen LogP contribution in [-0.4, -0.2) is 38.2 Å². The molecule has 2 nitrogen and oxygen atoms in total. The Morgan fingerprint density at radius 2 is 1.42 bits per heavy atom. The molecule has 116 valence electrons. The van der Waals surface area contributed by atoms with Crippen LogP contribution in [0.3, 0.4) is 0 Å². The minimum atomic E-state index is -5.41. The highest BCUT2D eigenvalue weighted by molar-refractivity contribution is 4.75. The minimum Gasteiger partial charge on any atom is -0.361 e. The lowest BCUT2D eigenvalue weighted by atomic mass is 10.2. The molecule has 0 aromatic carbocycles. The number of hydrogen-bond donors (Lipinski definition) is 1. The van der Waals surface area contributed by atoms with Crippen molar-refractivity contribution in [2.24, 2.45) is 0 Å². The molecule has 1 N–H and O–H groups in total. The molecule has 8 heteroatoms. The first kappa shape index (κ1) is 18.5. The van der Waals surface area contributed by atoms with Gasteiger partial charge in [0.1, 0.15) is 0 Å². The van der Waals surface area contributed by atoms with Gasteiger partial charge >= 0.3 is 12.4 Å². The Kier molecular flexibility index (Phi) is 8.40. The van der Waals surface area contributed by atoms with E-state index in [0.717, 1.165) is 25.9 Å². The van der Waals surface area contributed by atoms with Crippen molar-refractivity contribution in [3.05, 3.63) is 0 Å². The van der Waals surface area contributed by atoms with Crippen LogP contribution in [0.1, 0.15) is 32.6 Å². The summed E-state index contributed by atoms with van der Waals surface area (Å²) in [5.41, 5.74) is 0. The average Bonchev–Trinajstić information content (AvgIpc) is 2.23. The summed E-state index contributed by atoms with van der Waals surface area (Å²) in [6.45, 7) is 3.04. The van der Waals surface area contributed by atoms with E-state index in [4.69, 9.17) is 0 Å². The molecule has 0 atom stereocenters. The molecule has 0 aliphatic carbocycles. The summed E-state index contributed by atoms with van der Waals surface area (Å²) in [7, 11) is 0. The van der Waals surface area contributed by atoms with Crippen LogP contribution in [-0.2, 0) is 4.74 Å². The number of unbranched alkanes of at least 4 members (excludes halogenated alkanes) is 3. The number of ether oxygens (including phenoxy) is 1. The van der Waals surface area contributed by atoms with Gasteiger partial charge in [0.2, 0.25) is 6.10 Å². The summed E-state index contributed by atoms with van der Waals surface area (Å²) in [5, 5.41) is 3.07. The third kappa shape index (κ3) is 9.10. The van der Waals surface area contributed by atoms with Crippen molar-refractivity contribution in [2.75, 3.05) is 19.7 Å². The maximum absolute atomic E-state index is 12.1. The van der Waals surface area contributed by atoms with E-state index in [1.165, 1.54) is 0 Å². The first-order valence-corrected chi connectivity index (χ1v) is 6.15. The maximum atomic E-state index is 12.1. The molecule has 0 aromatic rings. The van der Waals surface area contributed by atoms with Crippen molar-refractivity contribution in [1.82, 2.24) is 5.32 Å². The van der Waals surface area contributed by atoms with Crippen LogP contribution < -0.4 is 5.32 Å². The molecule has 0 saturated carbocycles. The fourth-order valence-electron chi connectivity index (χ4n) is 1.46. The molecule has 0 saturated heterocycles. The summed E-state index contributed by atoms with van der Waals surface area (Å²) in [4.78, 5) is 0. The number of rotatable bonds is 9. The Morgan fingerprint density at radius 3 is 1.89 bits per heavy atom. The summed E-state index contributed by atoms with van der Waals surface area (Å²) in [6.07, 6.45) is -12.2. The second-order valence-electron chi connectivity index (χ2n) is 4.10. The Hall–Kier alpha value is -0.500. The molecule has 0 aliphatic heterocycles. The molecule has 0 aromatic heterocycles. The molecule has 0 unspecified atom stereocenters. The van der Waals surface area contributed by atoms with Gasteiger partial charge in [-0.05, 0) is 25.9 Å². The first-order chi connectivity index (χ1) is 8.69. The zero-order valence-electron chi connectivity index (χ0n) is 10.7. The minimum absolute atomic E-state index is 0.189. The van der Waals surface area contributed by atoms with Crippen LogP contribution in [0.2, 0.25) is 0 Å². The number of nitrogens with one attached hydrogen (secondary N) is 1. The van der Waals surface area contributed by atoms with E-state index >= 15 is 0 Å². The SMILES string of the molecule is CCNCCCCCCOC(C(F)(F)F)C(F)(F)F. The predicted molar refractivity (Wildman–Crippen MR) is 58.9 cm³/mol. The monoisotopic (exact) mass is 295 g/mol. The highest BCUT2D eigenvalue weighted by Crippen LogP contribution is 2.35. The van der Waals surface area contributed by atoms with Gasteiger partial charge in [-0.2, -0.15) is 26.3 Å². The van der Waals surface area contributed by atoms with Crippen molar-refractivity contribution >= 4 is 0 Å².